The molecular weight excluding hydrogens is 617 g/mol. The molecule has 1 heterocycles. The fourth-order valence-corrected chi connectivity index (χ4v) is 8.08. The molecule has 1 nitrogen and oxygen atoms in total. The Hall–Kier alpha value is -6.70. The van der Waals surface area contributed by atoms with Gasteiger partial charge in [-0.3, -0.25) is 0 Å². The average molecular weight is 655 g/mol. The Bertz CT molecular complexity index is 3580. The molecule has 0 aliphatic rings. The first kappa shape index (κ1) is 21.4. The van der Waals surface area contributed by atoms with Crippen molar-refractivity contribution in [2.45, 2.75) is 0 Å². The summed E-state index contributed by atoms with van der Waals surface area (Å²) in [6.07, 6.45) is 0. The lowest BCUT2D eigenvalue weighted by atomic mass is 9.83. The molecule has 0 N–H and O–H groups in total. The minimum Gasteiger partial charge on any atom is -0.455 e. The molecule has 0 amide bonds. The van der Waals surface area contributed by atoms with E-state index < -0.39 is 24.2 Å². The molecule has 0 fully saturated rings. The second kappa shape index (κ2) is 10.9. The molecule has 0 atom stereocenters. The Balaban J connectivity index is 1.35. The van der Waals surface area contributed by atoms with Crippen LogP contribution < -0.4 is 0 Å². The van der Waals surface area contributed by atoms with E-state index in [1.54, 1.807) is 0 Å². The summed E-state index contributed by atoms with van der Waals surface area (Å²) in [6.45, 7) is 0. The van der Waals surface area contributed by atoms with Gasteiger partial charge in [0.15, 0.2) is 0 Å². The summed E-state index contributed by atoms with van der Waals surface area (Å²) in [6, 6.07) is 40.6. The highest BCUT2D eigenvalue weighted by Gasteiger charge is 2.21. The van der Waals surface area contributed by atoms with Crippen molar-refractivity contribution in [3.63, 3.8) is 0 Å². The van der Waals surface area contributed by atoms with Gasteiger partial charge < -0.3 is 4.42 Å². The Morgan fingerprint density at radius 1 is 0.373 bits per heavy atom. The quantitative estimate of drug-likeness (QED) is 0.173. The van der Waals surface area contributed by atoms with Crippen molar-refractivity contribution in [2.75, 3.05) is 0 Å². The van der Waals surface area contributed by atoms with Crippen LogP contribution in [-0.2, 0) is 0 Å². The molecule has 0 unspecified atom stereocenters. The maximum absolute atomic E-state index is 9.58. The fourth-order valence-electron chi connectivity index (χ4n) is 8.08. The van der Waals surface area contributed by atoms with E-state index in [1.807, 2.05) is 103 Å². The number of fused-ring (bicyclic) bond motifs is 9. The van der Waals surface area contributed by atoms with Crippen LogP contribution in [0.15, 0.2) is 186 Å². The molecule has 0 aliphatic heterocycles. The van der Waals surface area contributed by atoms with Crippen LogP contribution in [-0.4, -0.2) is 0 Å². The Morgan fingerprint density at radius 2 is 0.941 bits per heavy atom. The number of rotatable bonds is 3. The molecule has 0 aliphatic carbocycles. The lowest BCUT2D eigenvalue weighted by Gasteiger charge is -2.20. The van der Waals surface area contributed by atoms with E-state index >= 15 is 0 Å². The predicted molar refractivity (Wildman–Crippen MR) is 218 cm³/mol. The average Bonchev–Trinajstić information content (AvgIpc) is 3.67. The summed E-state index contributed by atoms with van der Waals surface area (Å²) in [5, 5.41) is 8.10. The summed E-state index contributed by atoms with van der Waals surface area (Å²) < 4.78 is 80.5. The van der Waals surface area contributed by atoms with Gasteiger partial charge in [-0.15, -0.1) is 0 Å². The van der Waals surface area contributed by atoms with Gasteiger partial charge in [0.1, 0.15) is 11.2 Å². The van der Waals surface area contributed by atoms with Crippen LogP contribution in [0.4, 0.5) is 0 Å². The van der Waals surface area contributed by atoms with Crippen molar-refractivity contribution in [3.8, 4) is 33.4 Å². The van der Waals surface area contributed by atoms with Gasteiger partial charge in [0.05, 0.1) is 11.0 Å². The standard InChI is InChI=1S/C50H30O/c1-2-14-34-30-35(27-26-31(34)12-1)47-37-18-5-7-20-40(37)48(41-21-8-6-19-38(41)47)43-24-10-16-33-15-9-22-39(46(33)43)42-23-11-25-45-49(42)44-29-28-32-13-3-4-17-36(32)50(44)51-45/h1-30H/i5D,6D,7D,8D,18D,19D,20D,21D. The highest BCUT2D eigenvalue weighted by molar-refractivity contribution is 6.26. The first-order valence-electron chi connectivity index (χ1n) is 20.9. The van der Waals surface area contributed by atoms with Crippen molar-refractivity contribution in [1.82, 2.24) is 0 Å². The zero-order valence-corrected chi connectivity index (χ0v) is 27.1. The molecular formula is C50H30O. The lowest BCUT2D eigenvalue weighted by Crippen LogP contribution is -1.93. The molecule has 51 heavy (non-hydrogen) atoms. The van der Waals surface area contributed by atoms with Crippen molar-refractivity contribution >= 4 is 75.8 Å². The second-order valence-electron chi connectivity index (χ2n) is 13.0. The van der Waals surface area contributed by atoms with Crippen molar-refractivity contribution in [2.24, 2.45) is 0 Å². The zero-order chi connectivity index (χ0) is 40.4. The van der Waals surface area contributed by atoms with Crippen LogP contribution in [0.2, 0.25) is 0 Å². The summed E-state index contributed by atoms with van der Waals surface area (Å²) >= 11 is 0. The van der Waals surface area contributed by atoms with Gasteiger partial charge in [0.2, 0.25) is 0 Å². The molecule has 0 spiro atoms. The Kier molecular flexibility index (Phi) is 4.57. The minimum absolute atomic E-state index is 0.178. The minimum atomic E-state index is -0.435. The Morgan fingerprint density at radius 3 is 1.69 bits per heavy atom. The van der Waals surface area contributed by atoms with Gasteiger partial charge >= 0.3 is 0 Å². The van der Waals surface area contributed by atoms with Crippen LogP contribution in [0.5, 0.6) is 0 Å². The second-order valence-corrected chi connectivity index (χ2v) is 13.0. The number of hydrogen-bond acceptors (Lipinski definition) is 1. The topological polar surface area (TPSA) is 13.1 Å². The van der Waals surface area contributed by atoms with Crippen LogP contribution in [0.1, 0.15) is 11.0 Å². The van der Waals surface area contributed by atoms with Gasteiger partial charge in [-0.2, -0.15) is 0 Å². The maximum atomic E-state index is 9.58. The summed E-state index contributed by atoms with van der Waals surface area (Å²) in [4.78, 5) is 0. The number of hydrogen-bond donors (Lipinski definition) is 0. The normalized spacial score (nSPS) is 14.1. The van der Waals surface area contributed by atoms with Crippen LogP contribution in [0, 0.1) is 0 Å². The molecule has 10 aromatic carbocycles. The summed E-state index contributed by atoms with van der Waals surface area (Å²) in [5.74, 6) is 0. The van der Waals surface area contributed by atoms with Gasteiger partial charge in [0.25, 0.3) is 0 Å². The molecule has 0 bridgehead atoms. The molecule has 0 radical (unpaired) electrons. The van der Waals surface area contributed by atoms with E-state index in [9.17, 15) is 5.48 Å². The van der Waals surface area contributed by atoms with Gasteiger partial charge in [0, 0.05) is 16.2 Å². The third-order valence-electron chi connectivity index (χ3n) is 10.3. The van der Waals surface area contributed by atoms with E-state index in [2.05, 4.69) is 30.3 Å². The highest BCUT2D eigenvalue weighted by Crippen LogP contribution is 2.48. The third kappa shape index (κ3) is 4.16. The predicted octanol–water partition coefficient (Wildman–Crippen LogP) is 14.4. The monoisotopic (exact) mass is 654 g/mol. The molecule has 11 aromatic rings. The van der Waals surface area contributed by atoms with E-state index in [-0.39, 0.29) is 45.7 Å². The van der Waals surface area contributed by atoms with E-state index in [1.165, 1.54) is 0 Å². The molecule has 236 valence electrons. The number of furan rings is 1. The zero-order valence-electron chi connectivity index (χ0n) is 35.1. The van der Waals surface area contributed by atoms with Crippen molar-refractivity contribution in [1.29, 1.82) is 0 Å². The first-order chi connectivity index (χ1) is 28.6. The van der Waals surface area contributed by atoms with E-state index in [0.29, 0.717) is 27.8 Å². The molecule has 0 saturated heterocycles. The maximum Gasteiger partial charge on any atom is 0.143 e. The molecule has 0 saturated carbocycles. The van der Waals surface area contributed by atoms with E-state index in [4.69, 9.17) is 9.90 Å². The first-order valence-corrected chi connectivity index (χ1v) is 16.9. The molecule has 1 heteroatoms. The van der Waals surface area contributed by atoms with Crippen LogP contribution >= 0.6 is 0 Å². The third-order valence-corrected chi connectivity index (χ3v) is 10.3. The van der Waals surface area contributed by atoms with Crippen LogP contribution in [0.3, 0.4) is 0 Å². The SMILES string of the molecule is [2H]c1c([2H])c([2H])c2c(-c3cccc4cccc(-c5cccc6oc7c8ccccc8ccc7c56)c34)c3c([2H])c([2H])c([2H])c([2H])c3c(-c3ccc4ccccc4c3)c2c1[2H]. The van der Waals surface area contributed by atoms with E-state index in [0.717, 1.165) is 59.8 Å². The number of benzene rings is 10. The smallest absolute Gasteiger partial charge is 0.143 e. The van der Waals surface area contributed by atoms with Crippen molar-refractivity contribution in [3.05, 3.63) is 182 Å². The molecule has 11 rings (SSSR count). The highest BCUT2D eigenvalue weighted by atomic mass is 16.3. The fraction of sp³-hybridized carbons (Fsp3) is 0. The van der Waals surface area contributed by atoms with Gasteiger partial charge in [-0.1, -0.05) is 164 Å². The summed E-state index contributed by atoms with van der Waals surface area (Å²) in [5.41, 5.74) is 4.99. The lowest BCUT2D eigenvalue weighted by molar-refractivity contribution is 0.673. The van der Waals surface area contributed by atoms with Gasteiger partial charge in [-0.05, 0) is 100 Å². The molecule has 1 aromatic heterocycles. The van der Waals surface area contributed by atoms with Crippen molar-refractivity contribution < 1.29 is 15.4 Å². The Labute approximate surface area is 305 Å². The largest absolute Gasteiger partial charge is 0.455 e. The van der Waals surface area contributed by atoms with Gasteiger partial charge in [-0.25, -0.2) is 0 Å². The van der Waals surface area contributed by atoms with Crippen LogP contribution in [0.25, 0.3) is 109 Å². The summed E-state index contributed by atoms with van der Waals surface area (Å²) in [7, 11) is 0.